The van der Waals surface area contributed by atoms with E-state index in [0.29, 0.717) is 18.2 Å². The van der Waals surface area contributed by atoms with Gasteiger partial charge in [-0.3, -0.25) is 4.68 Å². The van der Waals surface area contributed by atoms with Gasteiger partial charge in [0.2, 0.25) is 0 Å². The summed E-state index contributed by atoms with van der Waals surface area (Å²) in [6.45, 7) is 4.25. The van der Waals surface area contributed by atoms with E-state index >= 15 is 0 Å². The van der Waals surface area contributed by atoms with E-state index in [1.165, 1.54) is 6.42 Å². The molecule has 1 aromatic rings. The average Bonchev–Trinajstić information content (AvgIpc) is 2.80. The lowest BCUT2D eigenvalue weighted by atomic mass is 9.86. The molecule has 20 heavy (non-hydrogen) atoms. The smallest absolute Gasteiger partial charge is 0.0864 e. The van der Waals surface area contributed by atoms with Crippen LogP contribution in [0.15, 0.2) is 6.20 Å². The van der Waals surface area contributed by atoms with Crippen molar-refractivity contribution in [2.45, 2.75) is 44.4 Å². The van der Waals surface area contributed by atoms with Crippen molar-refractivity contribution in [3.63, 3.8) is 0 Å². The van der Waals surface area contributed by atoms with Crippen LogP contribution in [0.4, 0.5) is 0 Å². The van der Waals surface area contributed by atoms with Crippen molar-refractivity contribution in [2.75, 3.05) is 27.4 Å². The summed E-state index contributed by atoms with van der Waals surface area (Å²) >= 11 is 6.36. The minimum atomic E-state index is -0.249. The van der Waals surface area contributed by atoms with E-state index in [-0.39, 0.29) is 11.6 Å². The van der Waals surface area contributed by atoms with Crippen LogP contribution < -0.4 is 5.32 Å². The minimum Gasteiger partial charge on any atom is -0.383 e. The second kappa shape index (κ2) is 6.89. The van der Waals surface area contributed by atoms with Crippen LogP contribution >= 0.6 is 11.6 Å². The molecule has 1 aromatic heterocycles. The first-order valence-corrected chi connectivity index (χ1v) is 7.51. The van der Waals surface area contributed by atoms with Crippen molar-refractivity contribution < 1.29 is 9.47 Å². The van der Waals surface area contributed by atoms with Crippen LogP contribution in [0.1, 0.15) is 37.9 Å². The number of halogens is 1. The van der Waals surface area contributed by atoms with E-state index in [1.54, 1.807) is 13.3 Å². The number of hydrogen-bond donors (Lipinski definition) is 1. The zero-order valence-electron chi connectivity index (χ0n) is 12.5. The zero-order valence-corrected chi connectivity index (χ0v) is 13.2. The van der Waals surface area contributed by atoms with Crippen molar-refractivity contribution in [3.05, 3.63) is 16.9 Å². The molecular weight excluding hydrogens is 278 g/mol. The van der Waals surface area contributed by atoms with Crippen molar-refractivity contribution in [1.82, 2.24) is 15.1 Å². The van der Waals surface area contributed by atoms with Gasteiger partial charge in [0.15, 0.2) is 0 Å². The molecule has 1 aliphatic rings. The third-order valence-electron chi connectivity index (χ3n) is 4.01. The number of methoxy groups -OCH3 is 1. The van der Waals surface area contributed by atoms with E-state index in [9.17, 15) is 0 Å². The Bertz CT molecular complexity index is 430. The summed E-state index contributed by atoms with van der Waals surface area (Å²) in [7, 11) is 3.63. The number of nitrogens with one attached hydrogen (secondary N) is 1. The van der Waals surface area contributed by atoms with Crippen LogP contribution in [-0.2, 0) is 16.0 Å². The molecule has 0 radical (unpaired) electrons. The lowest BCUT2D eigenvalue weighted by molar-refractivity contribution is -0.0901. The molecule has 2 unspecified atom stereocenters. The molecule has 1 saturated heterocycles. The van der Waals surface area contributed by atoms with E-state index in [4.69, 9.17) is 21.1 Å². The molecule has 0 saturated carbocycles. The Morgan fingerprint density at radius 3 is 3.00 bits per heavy atom. The van der Waals surface area contributed by atoms with E-state index in [0.717, 1.165) is 25.1 Å². The Balaban J connectivity index is 2.28. The molecule has 1 N–H and O–H groups in total. The van der Waals surface area contributed by atoms with Gasteiger partial charge < -0.3 is 14.8 Å². The molecule has 0 aromatic carbocycles. The number of likely N-dealkylation sites (N-methyl/N-ethyl adjacent to an activating group) is 1. The monoisotopic (exact) mass is 301 g/mol. The average molecular weight is 302 g/mol. The van der Waals surface area contributed by atoms with Crippen LogP contribution in [0, 0.1) is 0 Å². The number of nitrogens with zero attached hydrogens (tertiary/aromatic N) is 2. The molecule has 6 heteroatoms. The Morgan fingerprint density at radius 1 is 1.60 bits per heavy atom. The van der Waals surface area contributed by atoms with Crippen LogP contribution in [-0.4, -0.2) is 42.8 Å². The van der Waals surface area contributed by atoms with Crippen molar-refractivity contribution in [1.29, 1.82) is 0 Å². The standard InChI is InChI=1S/C14H24ClN3O2/c1-14(6-4-5-8-20-14)13(16-2)12-11(15)10-17-18(12)7-9-19-3/h10,13,16H,4-9H2,1-3H3. The van der Waals surface area contributed by atoms with Gasteiger partial charge in [0.05, 0.1) is 41.7 Å². The first-order chi connectivity index (χ1) is 9.62. The molecule has 5 nitrogen and oxygen atoms in total. The number of rotatable bonds is 6. The quantitative estimate of drug-likeness (QED) is 0.876. The molecular formula is C14H24ClN3O2. The topological polar surface area (TPSA) is 48.3 Å². The minimum absolute atomic E-state index is 0.0228. The van der Waals surface area contributed by atoms with Gasteiger partial charge in [-0.15, -0.1) is 0 Å². The Hall–Kier alpha value is -0.620. The van der Waals surface area contributed by atoms with E-state index in [1.807, 2.05) is 11.7 Å². The first kappa shape index (κ1) is 15.8. The van der Waals surface area contributed by atoms with Gasteiger partial charge in [0, 0.05) is 13.7 Å². The Morgan fingerprint density at radius 2 is 2.40 bits per heavy atom. The summed E-state index contributed by atoms with van der Waals surface area (Å²) in [5.74, 6) is 0. The van der Waals surface area contributed by atoms with Crippen LogP contribution in [0.5, 0.6) is 0 Å². The molecule has 114 valence electrons. The molecule has 0 aliphatic carbocycles. The van der Waals surface area contributed by atoms with Gasteiger partial charge >= 0.3 is 0 Å². The maximum atomic E-state index is 6.36. The maximum Gasteiger partial charge on any atom is 0.0864 e. The molecule has 2 heterocycles. The fourth-order valence-electron chi connectivity index (χ4n) is 2.93. The number of aromatic nitrogens is 2. The molecule has 0 bridgehead atoms. The molecule has 1 aliphatic heterocycles. The maximum absolute atomic E-state index is 6.36. The third-order valence-corrected chi connectivity index (χ3v) is 4.30. The van der Waals surface area contributed by atoms with Crippen LogP contribution in [0.3, 0.4) is 0 Å². The molecule has 0 amide bonds. The zero-order chi connectivity index (χ0) is 14.6. The molecule has 1 fully saturated rings. The van der Waals surface area contributed by atoms with Gasteiger partial charge in [-0.2, -0.15) is 5.10 Å². The van der Waals surface area contributed by atoms with E-state index in [2.05, 4.69) is 17.3 Å². The predicted octanol–water partition coefficient (Wildman–Crippen LogP) is 2.40. The number of hydrogen-bond acceptors (Lipinski definition) is 4. The molecule has 0 spiro atoms. The van der Waals surface area contributed by atoms with Crippen LogP contribution in [0.25, 0.3) is 0 Å². The Labute approximate surface area is 125 Å². The van der Waals surface area contributed by atoms with Gasteiger partial charge in [0.25, 0.3) is 0 Å². The van der Waals surface area contributed by atoms with Gasteiger partial charge in [-0.25, -0.2) is 0 Å². The first-order valence-electron chi connectivity index (χ1n) is 7.13. The van der Waals surface area contributed by atoms with E-state index < -0.39 is 0 Å². The third kappa shape index (κ3) is 3.17. The predicted molar refractivity (Wildman–Crippen MR) is 79.1 cm³/mol. The highest BCUT2D eigenvalue weighted by molar-refractivity contribution is 6.31. The van der Waals surface area contributed by atoms with Crippen LogP contribution in [0.2, 0.25) is 5.02 Å². The summed E-state index contributed by atoms with van der Waals surface area (Å²) in [4.78, 5) is 0. The second-order valence-corrected chi connectivity index (χ2v) is 5.84. The fourth-order valence-corrected chi connectivity index (χ4v) is 3.18. The van der Waals surface area contributed by atoms with Crippen molar-refractivity contribution in [3.8, 4) is 0 Å². The fraction of sp³-hybridized carbons (Fsp3) is 0.786. The Kier molecular flexibility index (Phi) is 5.43. The lowest BCUT2D eigenvalue weighted by Crippen LogP contribution is -2.46. The summed E-state index contributed by atoms with van der Waals surface area (Å²) in [6, 6.07) is 0.0228. The normalized spacial score (nSPS) is 24.8. The highest BCUT2D eigenvalue weighted by Gasteiger charge is 2.39. The number of ether oxygens (including phenoxy) is 2. The van der Waals surface area contributed by atoms with Crippen molar-refractivity contribution in [2.24, 2.45) is 0 Å². The highest BCUT2D eigenvalue weighted by atomic mass is 35.5. The lowest BCUT2D eigenvalue weighted by Gasteiger charge is -2.40. The van der Waals surface area contributed by atoms with Gasteiger partial charge in [-0.05, 0) is 33.2 Å². The summed E-state index contributed by atoms with van der Waals surface area (Å²) in [6.07, 6.45) is 5.02. The summed E-state index contributed by atoms with van der Waals surface area (Å²) in [5.41, 5.74) is 0.734. The van der Waals surface area contributed by atoms with Gasteiger partial charge in [-0.1, -0.05) is 11.6 Å². The SMILES string of the molecule is CNC(c1c(Cl)cnn1CCOC)C1(C)CCCCO1. The molecule has 2 atom stereocenters. The largest absolute Gasteiger partial charge is 0.383 e. The van der Waals surface area contributed by atoms with Crippen molar-refractivity contribution >= 4 is 11.6 Å². The molecule has 2 rings (SSSR count). The summed E-state index contributed by atoms with van der Waals surface area (Å²) < 4.78 is 13.1. The second-order valence-electron chi connectivity index (χ2n) is 5.43. The highest BCUT2D eigenvalue weighted by Crippen LogP contribution is 2.38. The van der Waals surface area contributed by atoms with Gasteiger partial charge in [0.1, 0.15) is 0 Å². The summed E-state index contributed by atoms with van der Waals surface area (Å²) in [5, 5.41) is 8.40.